The van der Waals surface area contributed by atoms with Crippen molar-refractivity contribution < 1.29 is 63.4 Å². The summed E-state index contributed by atoms with van der Waals surface area (Å²) < 4.78 is 72.8. The van der Waals surface area contributed by atoms with E-state index >= 15 is 0 Å². The lowest BCUT2D eigenvalue weighted by Crippen LogP contribution is -2.48. The van der Waals surface area contributed by atoms with E-state index in [1.54, 1.807) is 73.0 Å². The highest BCUT2D eigenvalue weighted by Gasteiger charge is 2.51. The van der Waals surface area contributed by atoms with Crippen LogP contribution in [0.15, 0.2) is 195 Å². The Morgan fingerprint density at radius 2 is 0.754 bits per heavy atom. The number of nitrogens with one attached hydrogen (secondary N) is 1. The number of aromatic nitrogens is 4. The number of H-pyrrole nitrogens is 1. The van der Waals surface area contributed by atoms with Crippen LogP contribution in [-0.4, -0.2) is 169 Å². The van der Waals surface area contributed by atoms with Gasteiger partial charge in [0.05, 0.1) is 0 Å². The number of tetrazole rings is 1. The molecule has 4 aromatic heterocycles. The van der Waals surface area contributed by atoms with Crippen molar-refractivity contribution in [3.63, 3.8) is 0 Å². The number of hydrogen-bond donors (Lipinski definition) is 5. The number of sulfone groups is 1. The number of carbonyl (C=O) groups excluding carboxylic acids is 6. The summed E-state index contributed by atoms with van der Waals surface area (Å²) in [5, 5.41) is 13.6. The van der Waals surface area contributed by atoms with E-state index in [1.165, 1.54) is 4.90 Å². The molecule has 6 amide bonds. The Morgan fingerprint density at radius 3 is 1.06 bits per heavy atom. The zero-order valence-corrected chi connectivity index (χ0v) is 63.9. The van der Waals surface area contributed by atoms with Crippen LogP contribution in [0.2, 0.25) is 0 Å². The van der Waals surface area contributed by atoms with Crippen LogP contribution in [0.3, 0.4) is 0 Å². The van der Waals surface area contributed by atoms with Crippen molar-refractivity contribution in [1.82, 2.24) is 35.3 Å². The minimum Gasteiger partial charge on any atom is -0.443 e. The van der Waals surface area contributed by atoms with Gasteiger partial charge in [0.15, 0.2) is 50.2 Å². The zero-order chi connectivity index (χ0) is 79.9. The molecule has 3 saturated heterocycles. The summed E-state index contributed by atoms with van der Waals surface area (Å²) in [7, 11) is -7.94. The van der Waals surface area contributed by atoms with Crippen LogP contribution in [-0.2, 0) is 65.4 Å². The average Bonchev–Trinajstić information content (AvgIpc) is 1.59. The molecular weight excluding hydrogens is 1490 g/mol. The largest absolute Gasteiger partial charge is 0.443 e. The average molecular weight is 1570 g/mol. The zero-order valence-electron chi connectivity index (χ0n) is 62.3. The molecule has 6 aliphatic heterocycles. The van der Waals surface area contributed by atoms with Crippen LogP contribution in [0.4, 0.5) is 17.1 Å². The van der Waals surface area contributed by atoms with Gasteiger partial charge in [-0.25, -0.2) is 8.42 Å². The Balaban J connectivity index is 0.000000141. The molecule has 0 radical (unpaired) electrons. The van der Waals surface area contributed by atoms with Gasteiger partial charge in [0, 0.05) is 135 Å². The number of benzene rings is 6. The van der Waals surface area contributed by atoms with E-state index in [0.29, 0.717) is 133 Å². The normalized spacial score (nSPS) is 16.0. The van der Waals surface area contributed by atoms with Crippen molar-refractivity contribution in [2.45, 2.75) is 74.4 Å². The van der Waals surface area contributed by atoms with Gasteiger partial charge in [0.25, 0.3) is 39.6 Å². The summed E-state index contributed by atoms with van der Waals surface area (Å²) in [5.74, 6) is 16.4. The summed E-state index contributed by atoms with van der Waals surface area (Å²) in [6.45, 7) is 5.08. The van der Waals surface area contributed by atoms with Crippen molar-refractivity contribution in [2.24, 2.45) is 17.2 Å². The van der Waals surface area contributed by atoms with Gasteiger partial charge >= 0.3 is 0 Å². The van der Waals surface area contributed by atoms with Gasteiger partial charge in [-0.2, -0.15) is 13.6 Å². The third-order valence-electron chi connectivity index (χ3n) is 21.7. The molecule has 6 aromatic carbocycles. The van der Waals surface area contributed by atoms with Crippen LogP contribution < -0.4 is 31.9 Å². The first-order valence-electron chi connectivity index (χ1n) is 37.1. The molecule has 0 bridgehead atoms. The summed E-state index contributed by atoms with van der Waals surface area (Å²) in [6.07, 6.45) is 4.84. The van der Waals surface area contributed by atoms with Crippen LogP contribution in [0.25, 0.3) is 0 Å². The monoisotopic (exact) mass is 1570 g/mol. The van der Waals surface area contributed by atoms with E-state index < -0.39 is 48.7 Å². The van der Waals surface area contributed by atoms with E-state index in [2.05, 4.69) is 62.2 Å². The molecule has 0 unspecified atom stereocenters. The summed E-state index contributed by atoms with van der Waals surface area (Å²) >= 11 is 0. The molecule has 8 N–H and O–H groups in total. The van der Waals surface area contributed by atoms with E-state index in [1.807, 2.05) is 127 Å². The molecule has 3 spiro atoms. The standard InChI is InChI=1S/C29H29N3O5S.C28H25N7O3.C28H27N3O6S/c1-38(35,36)19-27(33)32-20-29(24-17-22(18-30)8-11-25(24)32)13-15-31(16-14-29)28(34)26-12-10-23(37-26)9-7-21-5-3-2-4-6-21;29-17-20-7-10-23-22(16-20)28(18-35(23)27(37)25-30-32-33-31-25)12-14-34(15-13-28)26(36)24-11-9-21(38-24)8-6-19-4-2-1-3-5-19;29-17-21-7-10-24-23(16-21)28(19-31(24)26(32)18-38(34,35)36)12-14-30(15-13-28)27(33)25-11-9-22(37-25)8-6-20-4-2-1-3-5-20/h2-6,8,10-12,17H,13-16,18-20,30H2,1H3;1-5,7,9-11,16H,12-15,17-18,29H2,(H,30,31,32,33);1-5,7,9-11,16H,12-15,17-19,29H2,(H,34,35,36). The third kappa shape index (κ3) is 17.2. The van der Waals surface area contributed by atoms with Crippen LogP contribution in [0.5, 0.6) is 0 Å². The van der Waals surface area contributed by atoms with E-state index in [4.69, 9.17) is 30.5 Å². The molecule has 10 aromatic rings. The topological polar surface area (TPSA) is 382 Å². The number of nitrogens with two attached hydrogens (primary N) is 3. The molecule has 29 heteroatoms. The van der Waals surface area contributed by atoms with Crippen molar-refractivity contribution in [3.8, 4) is 35.5 Å². The number of aromatic amines is 1. The fourth-order valence-corrected chi connectivity index (χ4v) is 16.8. The van der Waals surface area contributed by atoms with Crippen molar-refractivity contribution in [1.29, 1.82) is 0 Å². The van der Waals surface area contributed by atoms with Crippen LogP contribution in [0, 0.1) is 35.5 Å². The lowest BCUT2D eigenvalue weighted by molar-refractivity contribution is -0.117. The van der Waals surface area contributed by atoms with Gasteiger partial charge in [0.2, 0.25) is 11.8 Å². The minimum atomic E-state index is -4.47. The van der Waals surface area contributed by atoms with Gasteiger partial charge in [-0.3, -0.25) is 33.3 Å². The molecule has 16 rings (SSSR count). The predicted molar refractivity (Wildman–Crippen MR) is 424 cm³/mol. The minimum absolute atomic E-state index is 0.0208. The van der Waals surface area contributed by atoms with Crippen LogP contribution in [0.1, 0.15) is 148 Å². The molecule has 10 heterocycles. The van der Waals surface area contributed by atoms with E-state index in [-0.39, 0.29) is 64.1 Å². The number of amides is 6. The first kappa shape index (κ1) is 78.2. The number of likely N-dealkylation sites (tertiary alicyclic amines) is 3. The van der Waals surface area contributed by atoms with Crippen molar-refractivity contribution >= 4 is 72.5 Å². The summed E-state index contributed by atoms with van der Waals surface area (Å²) in [5.41, 5.74) is 27.1. The van der Waals surface area contributed by atoms with Gasteiger partial charge in [0.1, 0.15) is 5.75 Å². The molecule has 3 fully saturated rings. The van der Waals surface area contributed by atoms with Gasteiger partial charge in [-0.05, 0) is 186 Å². The van der Waals surface area contributed by atoms with Crippen molar-refractivity contribution in [3.05, 3.63) is 272 Å². The smallest absolute Gasteiger partial charge is 0.299 e. The number of nitrogens with zero attached hydrogens (tertiary/aromatic N) is 9. The Kier molecular flexibility index (Phi) is 22.7. The maximum atomic E-state index is 13.2. The second-order valence-corrected chi connectivity index (χ2v) is 32.7. The number of rotatable bonds is 11. The molecule has 0 saturated carbocycles. The lowest BCUT2D eigenvalue weighted by Gasteiger charge is -2.39. The molecule has 0 atom stereocenters. The quantitative estimate of drug-likeness (QED) is 0.0610. The fraction of sp³-hybridized carbons (Fsp3) is 0.282. The first-order valence-corrected chi connectivity index (χ1v) is 40.8. The number of carbonyl (C=O) groups is 6. The Hall–Kier alpha value is -12.5. The first-order chi connectivity index (χ1) is 54.9. The maximum Gasteiger partial charge on any atom is 0.299 e. The van der Waals surface area contributed by atoms with Gasteiger partial charge in [-0.1, -0.05) is 109 Å². The SMILES string of the molecule is CS(=O)(=O)CC(=O)N1CC2(CCN(C(=O)c3ccc(C#Cc4ccccc4)o3)CC2)c2cc(CN)ccc21.NCc1ccc2c(c1)C1(CCN(C(=O)c3ccc(C#Cc4ccccc4)o3)CC1)CN2C(=O)CS(=O)(=O)O.NCc1ccc2c(c1)C1(CCN(C(=O)c3ccc(C#Cc4ccccc4)o3)CC1)CN2C(=O)c1nn[nH]n1. The second kappa shape index (κ2) is 33.0. The summed E-state index contributed by atoms with van der Waals surface area (Å²) in [6, 6.07) is 55.9. The molecule has 6 aliphatic rings. The number of hydrogen-bond acceptors (Lipinski definition) is 19. The van der Waals surface area contributed by atoms with Crippen LogP contribution >= 0.6 is 0 Å². The molecule has 27 nitrogen and oxygen atoms in total. The second-order valence-electron chi connectivity index (χ2n) is 29.1. The lowest BCUT2D eigenvalue weighted by atomic mass is 9.74. The Bertz CT molecular complexity index is 5510. The molecular formula is C85H81N13O14S2. The van der Waals surface area contributed by atoms with Gasteiger partial charge in [-0.15, -0.1) is 10.2 Å². The van der Waals surface area contributed by atoms with Gasteiger partial charge < -0.3 is 59.9 Å². The Morgan fingerprint density at radius 1 is 0.430 bits per heavy atom. The van der Waals surface area contributed by atoms with E-state index in [0.717, 1.165) is 67.7 Å². The molecule has 0 aliphatic carbocycles. The highest BCUT2D eigenvalue weighted by molar-refractivity contribution is 7.91. The molecule has 114 heavy (non-hydrogen) atoms. The number of fused-ring (bicyclic) bond motifs is 6. The van der Waals surface area contributed by atoms with E-state index in [9.17, 15) is 50.2 Å². The number of furan rings is 3. The fourth-order valence-electron chi connectivity index (χ4n) is 15.8. The maximum absolute atomic E-state index is 13.2. The molecule has 582 valence electrons. The van der Waals surface area contributed by atoms with Crippen molar-refractivity contribution in [2.75, 3.05) is 91.4 Å². The number of anilines is 3. The highest BCUT2D eigenvalue weighted by Crippen LogP contribution is 2.51. The highest BCUT2D eigenvalue weighted by atomic mass is 32.2. The third-order valence-corrected chi connectivity index (χ3v) is 23.1. The Labute approximate surface area is 658 Å². The predicted octanol–water partition coefficient (Wildman–Crippen LogP) is 7.74. The summed E-state index contributed by atoms with van der Waals surface area (Å²) in [4.78, 5) is 88.5. The number of piperidine rings is 3.